The zero-order valence-electron chi connectivity index (χ0n) is 22.8. The molecule has 220 valence electrons. The molecule has 0 aliphatic heterocycles. The van der Waals surface area contributed by atoms with Crippen LogP contribution in [0.5, 0.6) is 0 Å². The molecule has 0 aliphatic rings. The highest BCUT2D eigenvalue weighted by molar-refractivity contribution is 7.09. The average Bonchev–Trinajstić information content (AvgIpc) is 3.56. The molecular formula is C28H27F3N6O4S. The Morgan fingerprint density at radius 1 is 0.976 bits per heavy atom. The van der Waals surface area contributed by atoms with Crippen LogP contribution >= 0.6 is 11.5 Å². The standard InChI is InChI=1S/C28H27F3N6O4S/c1-15-23(24(41-36-15)25-16(2)35-37-42-25)27(40)34-21(13-17-7-5-4-6-8-17)26(39)33-20(14-22(38)32-3)18-9-11-19(12-10-18)28(29,30)31/h4-12,20-21H,13-14H2,1-3H3,(H,32,38)(H,33,39)(H,34,40)/t20-,21-/m1/s1. The average molecular weight is 601 g/mol. The van der Waals surface area contributed by atoms with Gasteiger partial charge in [0.05, 0.1) is 29.4 Å². The molecule has 0 spiro atoms. The molecule has 0 fully saturated rings. The highest BCUT2D eigenvalue weighted by Crippen LogP contribution is 2.32. The van der Waals surface area contributed by atoms with Crippen LogP contribution in [0.3, 0.4) is 0 Å². The van der Waals surface area contributed by atoms with Crippen LogP contribution in [0.2, 0.25) is 0 Å². The Morgan fingerprint density at radius 3 is 2.26 bits per heavy atom. The maximum atomic E-state index is 13.7. The summed E-state index contributed by atoms with van der Waals surface area (Å²) in [5, 5.41) is 15.8. The quantitative estimate of drug-likeness (QED) is 0.248. The van der Waals surface area contributed by atoms with E-state index in [4.69, 9.17) is 4.52 Å². The van der Waals surface area contributed by atoms with Crippen LogP contribution in [-0.2, 0) is 22.2 Å². The van der Waals surface area contributed by atoms with E-state index in [1.807, 2.05) is 0 Å². The first-order valence-electron chi connectivity index (χ1n) is 12.8. The highest BCUT2D eigenvalue weighted by Gasteiger charge is 2.32. The molecule has 2 heterocycles. The number of hydrogen-bond acceptors (Lipinski definition) is 8. The maximum Gasteiger partial charge on any atom is 0.416 e. The topological polar surface area (TPSA) is 139 Å². The predicted molar refractivity (Wildman–Crippen MR) is 147 cm³/mol. The third kappa shape index (κ3) is 7.18. The first-order valence-corrected chi connectivity index (χ1v) is 13.5. The normalized spacial score (nSPS) is 12.8. The van der Waals surface area contributed by atoms with Crippen molar-refractivity contribution in [2.45, 2.75) is 44.9 Å². The highest BCUT2D eigenvalue weighted by atomic mass is 32.1. The summed E-state index contributed by atoms with van der Waals surface area (Å²) in [7, 11) is 1.41. The molecule has 0 bridgehead atoms. The minimum absolute atomic E-state index is 0.0823. The van der Waals surface area contributed by atoms with Gasteiger partial charge in [0.25, 0.3) is 5.91 Å². The third-order valence-corrected chi connectivity index (χ3v) is 7.30. The van der Waals surface area contributed by atoms with Crippen LogP contribution in [0.25, 0.3) is 10.6 Å². The van der Waals surface area contributed by atoms with E-state index in [1.54, 1.807) is 44.2 Å². The first kappa shape index (κ1) is 30.4. The number of carbonyl (C=O) groups excluding carboxylic acids is 3. The molecule has 14 heteroatoms. The Hall–Kier alpha value is -4.59. The largest absolute Gasteiger partial charge is 0.416 e. The molecule has 10 nitrogen and oxygen atoms in total. The molecule has 4 aromatic rings. The fraction of sp³-hybridized carbons (Fsp3) is 0.286. The molecule has 2 aromatic carbocycles. The molecule has 0 saturated carbocycles. The van der Waals surface area contributed by atoms with E-state index in [-0.39, 0.29) is 35.4 Å². The molecule has 0 saturated heterocycles. The number of halogens is 3. The van der Waals surface area contributed by atoms with Crippen LogP contribution in [0.15, 0.2) is 59.1 Å². The van der Waals surface area contributed by atoms with E-state index < -0.39 is 41.5 Å². The SMILES string of the molecule is CNC(=O)C[C@@H](NC(=O)[C@@H](Cc1ccccc1)NC(=O)c1c(C)noc1-c1snnc1C)c1ccc(C(F)(F)F)cc1. The lowest BCUT2D eigenvalue weighted by atomic mass is 9.99. The van der Waals surface area contributed by atoms with Gasteiger partial charge in [0.1, 0.15) is 16.5 Å². The van der Waals surface area contributed by atoms with Crippen molar-refractivity contribution in [3.8, 4) is 10.6 Å². The van der Waals surface area contributed by atoms with Crippen molar-refractivity contribution in [1.82, 2.24) is 30.7 Å². The molecule has 0 aliphatic carbocycles. The van der Waals surface area contributed by atoms with E-state index in [2.05, 4.69) is 30.7 Å². The van der Waals surface area contributed by atoms with Gasteiger partial charge in [-0.25, -0.2) is 0 Å². The molecular weight excluding hydrogens is 573 g/mol. The summed E-state index contributed by atoms with van der Waals surface area (Å²) in [6.07, 6.45) is -4.71. The summed E-state index contributed by atoms with van der Waals surface area (Å²) in [6, 6.07) is 11.0. The van der Waals surface area contributed by atoms with Crippen LogP contribution in [-0.4, -0.2) is 45.6 Å². The van der Waals surface area contributed by atoms with E-state index >= 15 is 0 Å². The molecule has 2 atom stereocenters. The fourth-order valence-corrected chi connectivity index (χ4v) is 4.88. The van der Waals surface area contributed by atoms with Gasteiger partial charge in [-0.1, -0.05) is 52.1 Å². The monoisotopic (exact) mass is 600 g/mol. The lowest BCUT2D eigenvalue weighted by molar-refractivity contribution is -0.137. The molecule has 4 rings (SSSR count). The van der Waals surface area contributed by atoms with Gasteiger partial charge in [0, 0.05) is 13.5 Å². The lowest BCUT2D eigenvalue weighted by Gasteiger charge is -2.24. The molecule has 42 heavy (non-hydrogen) atoms. The Kier molecular flexibility index (Phi) is 9.35. The van der Waals surface area contributed by atoms with Gasteiger partial charge in [-0.15, -0.1) is 5.10 Å². The summed E-state index contributed by atoms with van der Waals surface area (Å²) in [4.78, 5) is 40.0. The first-order chi connectivity index (χ1) is 20.0. The minimum Gasteiger partial charge on any atom is -0.359 e. The second-order valence-electron chi connectivity index (χ2n) is 9.43. The smallest absolute Gasteiger partial charge is 0.359 e. The number of benzene rings is 2. The van der Waals surface area contributed by atoms with Gasteiger partial charge >= 0.3 is 6.18 Å². The number of rotatable bonds is 10. The zero-order valence-corrected chi connectivity index (χ0v) is 23.6. The lowest BCUT2D eigenvalue weighted by Crippen LogP contribution is -2.49. The summed E-state index contributed by atoms with van der Waals surface area (Å²) in [5.41, 5.74) is 1.10. The number of amides is 3. The molecule has 3 N–H and O–H groups in total. The van der Waals surface area contributed by atoms with E-state index in [0.717, 1.165) is 29.2 Å². The van der Waals surface area contributed by atoms with Gasteiger partial charge < -0.3 is 20.5 Å². The number of carbonyl (C=O) groups is 3. The van der Waals surface area contributed by atoms with Gasteiger partial charge in [-0.3, -0.25) is 14.4 Å². The Balaban J connectivity index is 1.63. The summed E-state index contributed by atoms with van der Waals surface area (Å²) >= 11 is 1.03. The van der Waals surface area contributed by atoms with Crippen molar-refractivity contribution in [3.05, 3.63) is 88.2 Å². The van der Waals surface area contributed by atoms with Crippen molar-refractivity contribution in [3.63, 3.8) is 0 Å². The Morgan fingerprint density at radius 2 is 1.67 bits per heavy atom. The number of aryl methyl sites for hydroxylation is 2. The number of hydrogen-bond donors (Lipinski definition) is 3. The summed E-state index contributed by atoms with van der Waals surface area (Å²) in [6.45, 7) is 3.29. The molecule has 0 unspecified atom stereocenters. The van der Waals surface area contributed by atoms with Crippen molar-refractivity contribution < 1.29 is 32.1 Å². The number of nitrogens with one attached hydrogen (secondary N) is 3. The zero-order chi connectivity index (χ0) is 30.4. The number of alkyl halides is 3. The van der Waals surface area contributed by atoms with Gasteiger partial charge in [0.2, 0.25) is 11.8 Å². The van der Waals surface area contributed by atoms with Crippen molar-refractivity contribution >= 4 is 29.3 Å². The van der Waals surface area contributed by atoms with Crippen LogP contribution < -0.4 is 16.0 Å². The number of nitrogens with zero attached hydrogens (tertiary/aromatic N) is 3. The Labute approximate surface area is 242 Å². The maximum absolute atomic E-state index is 13.7. The Bertz CT molecular complexity index is 1550. The van der Waals surface area contributed by atoms with Gasteiger partial charge in [0.15, 0.2) is 5.76 Å². The van der Waals surface area contributed by atoms with Crippen molar-refractivity contribution in [1.29, 1.82) is 0 Å². The fourth-order valence-electron chi connectivity index (χ4n) is 4.24. The van der Waals surface area contributed by atoms with Gasteiger partial charge in [-0.2, -0.15) is 13.2 Å². The van der Waals surface area contributed by atoms with Crippen LogP contribution in [0.4, 0.5) is 13.2 Å². The van der Waals surface area contributed by atoms with Crippen LogP contribution in [0, 0.1) is 13.8 Å². The predicted octanol–water partition coefficient (Wildman–Crippen LogP) is 4.16. The second-order valence-corrected chi connectivity index (χ2v) is 10.2. The van der Waals surface area contributed by atoms with E-state index in [0.29, 0.717) is 10.6 Å². The minimum atomic E-state index is -4.55. The van der Waals surface area contributed by atoms with E-state index in [9.17, 15) is 27.6 Å². The second kappa shape index (κ2) is 12.9. The van der Waals surface area contributed by atoms with Crippen molar-refractivity contribution in [2.24, 2.45) is 0 Å². The van der Waals surface area contributed by atoms with Crippen molar-refractivity contribution in [2.75, 3.05) is 7.05 Å². The number of aromatic nitrogens is 3. The molecule has 2 aromatic heterocycles. The summed E-state index contributed by atoms with van der Waals surface area (Å²) < 4.78 is 48.7. The summed E-state index contributed by atoms with van der Waals surface area (Å²) in [5.74, 6) is -1.56. The van der Waals surface area contributed by atoms with Gasteiger partial charge in [-0.05, 0) is 48.6 Å². The van der Waals surface area contributed by atoms with E-state index in [1.165, 1.54) is 19.2 Å². The third-order valence-electron chi connectivity index (χ3n) is 6.48. The van der Waals surface area contributed by atoms with Crippen LogP contribution in [0.1, 0.15) is 50.9 Å². The molecule has 3 amide bonds. The molecule has 0 radical (unpaired) electrons.